The zero-order chi connectivity index (χ0) is 20.5. The van der Waals surface area contributed by atoms with Gasteiger partial charge in [0.15, 0.2) is 0 Å². The molecule has 5 nitrogen and oxygen atoms in total. The first-order valence-electron chi connectivity index (χ1n) is 7.49. The fourth-order valence-electron chi connectivity index (χ4n) is 2.68. The molecule has 0 N–H and O–H groups in total. The molecule has 1 saturated carbocycles. The molecule has 1 atom stereocenters. The molecule has 0 aliphatic heterocycles. The summed E-state index contributed by atoms with van der Waals surface area (Å²) in [7, 11) is 0. The molecule has 0 aromatic heterocycles. The molecule has 148 valence electrons. The van der Waals surface area contributed by atoms with E-state index in [0.717, 1.165) is 13.8 Å². The lowest BCUT2D eigenvalue weighted by Crippen LogP contribution is -2.61. The van der Waals surface area contributed by atoms with Crippen molar-refractivity contribution in [2.24, 2.45) is 0 Å². The average Bonchev–Trinajstić information content (AvgIpc) is 2.89. The molecule has 1 aliphatic carbocycles. The van der Waals surface area contributed by atoms with Crippen LogP contribution in [0.2, 0.25) is 0 Å². The van der Waals surface area contributed by atoms with Crippen molar-refractivity contribution in [1.82, 2.24) is 4.90 Å². The summed E-state index contributed by atoms with van der Waals surface area (Å²) in [6.07, 6.45) is -14.2. The number of ether oxygens (including phenoxy) is 1. The van der Waals surface area contributed by atoms with Gasteiger partial charge in [0.05, 0.1) is 0 Å². The Morgan fingerprint density at radius 3 is 1.88 bits per heavy atom. The van der Waals surface area contributed by atoms with Crippen LogP contribution < -0.4 is 0 Å². The van der Waals surface area contributed by atoms with Gasteiger partial charge in [0.25, 0.3) is 12.0 Å². The summed E-state index contributed by atoms with van der Waals surface area (Å²) >= 11 is 0. The second kappa shape index (κ2) is 7.28. The van der Waals surface area contributed by atoms with Gasteiger partial charge in [0, 0.05) is 11.1 Å². The van der Waals surface area contributed by atoms with Crippen LogP contribution in [0.15, 0.2) is 12.2 Å². The Morgan fingerprint density at radius 1 is 1.08 bits per heavy atom. The third-order valence-corrected chi connectivity index (χ3v) is 3.98. The van der Waals surface area contributed by atoms with Gasteiger partial charge in [0.1, 0.15) is 0 Å². The number of hydrogen-bond acceptors (Lipinski definition) is 4. The molecule has 11 heteroatoms. The third kappa shape index (κ3) is 4.76. The van der Waals surface area contributed by atoms with E-state index in [0.29, 0.717) is 12.8 Å². The van der Waals surface area contributed by atoms with Crippen molar-refractivity contribution in [2.75, 3.05) is 0 Å². The molecular weight excluding hydrogens is 372 g/mol. The first-order chi connectivity index (χ1) is 11.6. The van der Waals surface area contributed by atoms with Crippen molar-refractivity contribution in [3.05, 3.63) is 12.2 Å². The highest BCUT2D eigenvalue weighted by atomic mass is 19.4. The largest absolute Gasteiger partial charge is 0.471 e. The summed E-state index contributed by atoms with van der Waals surface area (Å²) in [6.45, 7) is 5.14. The van der Waals surface area contributed by atoms with Gasteiger partial charge in [-0.05, 0) is 26.7 Å². The van der Waals surface area contributed by atoms with Crippen LogP contribution in [0.25, 0.3) is 0 Å². The number of esters is 1. The van der Waals surface area contributed by atoms with Gasteiger partial charge in [0.2, 0.25) is 0 Å². The first-order valence-corrected chi connectivity index (χ1v) is 7.49. The summed E-state index contributed by atoms with van der Waals surface area (Å²) < 4.78 is 82.2. The number of carbonyl (C=O) groups is 3. The molecular formula is C15H17F6NO4. The van der Waals surface area contributed by atoms with Crippen molar-refractivity contribution < 1.29 is 45.5 Å². The second-order valence-electron chi connectivity index (χ2n) is 6.29. The minimum atomic E-state index is -5.57. The van der Waals surface area contributed by atoms with Gasteiger partial charge in [-0.15, -0.1) is 0 Å². The number of carbonyl (C=O) groups excluding carboxylic acids is 3. The Labute approximate surface area is 145 Å². The van der Waals surface area contributed by atoms with Gasteiger partial charge in [-0.1, -0.05) is 19.4 Å². The van der Waals surface area contributed by atoms with Gasteiger partial charge in [-0.25, -0.2) is 4.79 Å². The first kappa shape index (κ1) is 22.0. The summed E-state index contributed by atoms with van der Waals surface area (Å²) in [5, 5.41) is 0. The van der Waals surface area contributed by atoms with Gasteiger partial charge in [-0.2, -0.15) is 26.3 Å². The number of hydrogen-bond donors (Lipinski definition) is 0. The van der Waals surface area contributed by atoms with E-state index in [1.165, 1.54) is 0 Å². The molecule has 0 aromatic rings. The zero-order valence-electron chi connectivity index (χ0n) is 14.0. The number of amides is 2. The van der Waals surface area contributed by atoms with Gasteiger partial charge in [-0.3, -0.25) is 14.5 Å². The molecule has 2 amide bonds. The number of rotatable bonds is 4. The minimum absolute atomic E-state index is 0.0976. The Kier molecular flexibility index (Phi) is 6.15. The van der Waals surface area contributed by atoms with E-state index in [2.05, 4.69) is 11.3 Å². The fourth-order valence-corrected chi connectivity index (χ4v) is 2.68. The Bertz CT molecular complexity index is 604. The average molecular weight is 389 g/mol. The van der Waals surface area contributed by atoms with Crippen LogP contribution in [0.5, 0.6) is 0 Å². The van der Waals surface area contributed by atoms with E-state index >= 15 is 0 Å². The Balaban J connectivity index is 3.36. The van der Waals surface area contributed by atoms with E-state index < -0.39 is 52.3 Å². The van der Waals surface area contributed by atoms with Crippen molar-refractivity contribution in [3.8, 4) is 0 Å². The predicted octanol–water partition coefficient (Wildman–Crippen LogP) is 3.29. The monoisotopic (exact) mass is 389 g/mol. The number of halogens is 6. The molecule has 0 bridgehead atoms. The van der Waals surface area contributed by atoms with Crippen LogP contribution in [-0.2, 0) is 19.1 Å². The fraction of sp³-hybridized carbons (Fsp3) is 0.667. The normalized spacial score (nSPS) is 18.2. The van der Waals surface area contributed by atoms with Crippen LogP contribution in [0.4, 0.5) is 26.3 Å². The molecule has 1 aliphatic rings. The zero-order valence-corrected chi connectivity index (χ0v) is 14.0. The number of imide groups is 1. The summed E-state index contributed by atoms with van der Waals surface area (Å²) in [5.41, 5.74) is -2.25. The number of nitrogens with zero attached hydrogens (tertiary/aromatic N) is 1. The number of alkyl halides is 6. The van der Waals surface area contributed by atoms with Crippen LogP contribution in [-0.4, -0.2) is 46.7 Å². The maximum absolute atomic E-state index is 13.2. The molecule has 0 radical (unpaired) electrons. The molecule has 0 heterocycles. The van der Waals surface area contributed by atoms with Crippen molar-refractivity contribution in [1.29, 1.82) is 0 Å². The Hall–Kier alpha value is -2.07. The van der Waals surface area contributed by atoms with Crippen LogP contribution in [0.1, 0.15) is 39.5 Å². The third-order valence-electron chi connectivity index (χ3n) is 3.98. The Morgan fingerprint density at radius 2 is 1.54 bits per heavy atom. The molecule has 1 unspecified atom stereocenters. The van der Waals surface area contributed by atoms with E-state index in [9.17, 15) is 40.7 Å². The lowest BCUT2D eigenvalue weighted by atomic mass is 9.96. The van der Waals surface area contributed by atoms with Crippen LogP contribution in [0, 0.1) is 0 Å². The van der Waals surface area contributed by atoms with E-state index in [4.69, 9.17) is 0 Å². The van der Waals surface area contributed by atoms with Crippen LogP contribution in [0.3, 0.4) is 0 Å². The smallest absolute Gasteiger partial charge is 0.439 e. The van der Waals surface area contributed by atoms with Gasteiger partial charge < -0.3 is 4.74 Å². The van der Waals surface area contributed by atoms with E-state index in [1.807, 2.05) is 0 Å². The quantitative estimate of drug-likeness (QED) is 0.421. The summed E-state index contributed by atoms with van der Waals surface area (Å²) in [4.78, 5) is 35.0. The highest BCUT2D eigenvalue weighted by Gasteiger charge is 2.58. The van der Waals surface area contributed by atoms with Crippen molar-refractivity contribution in [3.63, 3.8) is 0 Å². The van der Waals surface area contributed by atoms with Crippen LogP contribution >= 0.6 is 0 Å². The molecule has 0 spiro atoms. The molecule has 1 rings (SSSR count). The maximum Gasteiger partial charge on any atom is 0.471 e. The standard InChI is InChI=1S/C15H17F6NO4/c1-8(2)11(24)26-9(14(16,17)18)10(23)22(12(25)15(19,20)21)13(3)6-4-5-7-13/h9H,1,4-7H2,2-3H3. The lowest BCUT2D eigenvalue weighted by molar-refractivity contribution is -0.228. The van der Waals surface area contributed by atoms with E-state index in [1.54, 1.807) is 0 Å². The lowest BCUT2D eigenvalue weighted by Gasteiger charge is -2.38. The molecule has 1 fully saturated rings. The maximum atomic E-state index is 13.2. The molecule has 0 aromatic carbocycles. The van der Waals surface area contributed by atoms with Gasteiger partial charge >= 0.3 is 24.2 Å². The minimum Gasteiger partial charge on any atom is -0.439 e. The second-order valence-corrected chi connectivity index (χ2v) is 6.29. The highest BCUT2D eigenvalue weighted by Crippen LogP contribution is 2.39. The summed E-state index contributed by atoms with van der Waals surface area (Å²) in [5.74, 6) is -6.62. The highest BCUT2D eigenvalue weighted by molar-refractivity contribution is 6.02. The summed E-state index contributed by atoms with van der Waals surface area (Å²) in [6, 6.07) is 0. The van der Waals surface area contributed by atoms with E-state index in [-0.39, 0.29) is 12.8 Å². The SMILES string of the molecule is C=C(C)C(=O)OC(C(=O)N(C(=O)C(F)(F)F)C1(C)CCCC1)C(F)(F)F. The topological polar surface area (TPSA) is 63.7 Å². The van der Waals surface area contributed by atoms with Crippen molar-refractivity contribution in [2.45, 2.75) is 63.5 Å². The van der Waals surface area contributed by atoms with Crippen molar-refractivity contribution >= 4 is 17.8 Å². The predicted molar refractivity (Wildman–Crippen MR) is 75.5 cm³/mol. The molecule has 0 saturated heterocycles. The molecule has 26 heavy (non-hydrogen) atoms.